The molecule has 0 aromatic rings. The van der Waals surface area contributed by atoms with Crippen LogP contribution in [0.4, 0.5) is 4.79 Å². The Morgan fingerprint density at radius 1 is 1.56 bits per heavy atom. The van der Waals surface area contributed by atoms with E-state index in [9.17, 15) is 9.90 Å². The van der Waals surface area contributed by atoms with Crippen LogP contribution in [0.25, 0.3) is 0 Å². The van der Waals surface area contributed by atoms with E-state index in [4.69, 9.17) is 10.6 Å². The molecule has 1 heterocycles. The molecule has 0 aromatic heterocycles. The number of nitrogens with one attached hydrogen (secondary N) is 1. The highest BCUT2D eigenvalue weighted by molar-refractivity contribution is 5.68. The van der Waals surface area contributed by atoms with Crippen molar-refractivity contribution in [3.63, 3.8) is 0 Å². The molecule has 1 aliphatic heterocycles. The number of carbonyl (C=O) groups is 1. The summed E-state index contributed by atoms with van der Waals surface area (Å²) in [5, 5.41) is 9.69. The van der Waals surface area contributed by atoms with E-state index in [1.807, 2.05) is 20.8 Å². The van der Waals surface area contributed by atoms with E-state index in [0.717, 1.165) is 0 Å². The average molecular weight is 231 g/mol. The Morgan fingerprint density at radius 2 is 2.19 bits per heavy atom. The molecule has 1 amide bonds. The quantitative estimate of drug-likeness (QED) is 0.430. The summed E-state index contributed by atoms with van der Waals surface area (Å²) in [6, 6.07) is -0.154. The van der Waals surface area contributed by atoms with Crippen LogP contribution in [0.2, 0.25) is 0 Å². The summed E-state index contributed by atoms with van der Waals surface area (Å²) in [6.45, 7) is 6.24. The number of rotatable bonds is 1. The standard InChI is InChI=1S/C10H21N3O3/c1-10(2,3)16-9(15)13-5-4-7(12-11)8(14)6-13/h7-8,12,14H,4-6,11H2,1-3H3. The van der Waals surface area contributed by atoms with Crippen LogP contribution in [-0.4, -0.2) is 46.9 Å². The first kappa shape index (κ1) is 13.2. The number of likely N-dealkylation sites (tertiary alicyclic amines) is 1. The van der Waals surface area contributed by atoms with Gasteiger partial charge in [-0.2, -0.15) is 0 Å². The SMILES string of the molecule is CC(C)(C)OC(=O)N1CCC(NN)C(O)C1. The Balaban J connectivity index is 2.48. The number of β-amino-alcohol motifs (C(OH)–C–C–N with tert-alkyl or cyclic N) is 1. The third-order valence-corrected chi connectivity index (χ3v) is 2.45. The van der Waals surface area contributed by atoms with Crippen molar-refractivity contribution in [1.29, 1.82) is 0 Å². The van der Waals surface area contributed by atoms with Gasteiger partial charge in [0.25, 0.3) is 0 Å². The van der Waals surface area contributed by atoms with Gasteiger partial charge in [0.1, 0.15) is 5.60 Å². The molecule has 2 unspecified atom stereocenters. The van der Waals surface area contributed by atoms with E-state index in [-0.39, 0.29) is 18.7 Å². The molecule has 0 aliphatic carbocycles. The molecule has 0 bridgehead atoms. The lowest BCUT2D eigenvalue weighted by Gasteiger charge is -2.36. The van der Waals surface area contributed by atoms with Crippen molar-refractivity contribution in [3.05, 3.63) is 0 Å². The van der Waals surface area contributed by atoms with Crippen molar-refractivity contribution in [2.45, 2.75) is 44.9 Å². The van der Waals surface area contributed by atoms with Gasteiger partial charge in [-0.05, 0) is 27.2 Å². The number of hydrazine groups is 1. The van der Waals surface area contributed by atoms with Gasteiger partial charge < -0.3 is 14.7 Å². The number of amides is 1. The first-order chi connectivity index (χ1) is 7.33. The van der Waals surface area contributed by atoms with Gasteiger partial charge in [0.2, 0.25) is 0 Å². The maximum Gasteiger partial charge on any atom is 0.410 e. The zero-order valence-corrected chi connectivity index (χ0v) is 10.1. The molecular weight excluding hydrogens is 210 g/mol. The molecule has 0 radical (unpaired) electrons. The zero-order valence-electron chi connectivity index (χ0n) is 10.1. The summed E-state index contributed by atoms with van der Waals surface area (Å²) in [4.78, 5) is 13.2. The summed E-state index contributed by atoms with van der Waals surface area (Å²) in [5.74, 6) is 5.27. The third kappa shape index (κ3) is 3.62. The Labute approximate surface area is 95.7 Å². The summed E-state index contributed by atoms with van der Waals surface area (Å²) >= 11 is 0. The minimum absolute atomic E-state index is 0.154. The highest BCUT2D eigenvalue weighted by Gasteiger charge is 2.31. The van der Waals surface area contributed by atoms with Gasteiger partial charge in [0.05, 0.1) is 18.7 Å². The number of carbonyl (C=O) groups excluding carboxylic acids is 1. The van der Waals surface area contributed by atoms with Gasteiger partial charge in [0, 0.05) is 6.54 Å². The molecule has 6 nitrogen and oxygen atoms in total. The summed E-state index contributed by atoms with van der Waals surface area (Å²) in [6.07, 6.45) is -0.412. The van der Waals surface area contributed by atoms with E-state index in [0.29, 0.717) is 13.0 Å². The Hall–Kier alpha value is -0.850. The fraction of sp³-hybridized carbons (Fsp3) is 0.900. The molecule has 4 N–H and O–H groups in total. The van der Waals surface area contributed by atoms with E-state index in [2.05, 4.69) is 5.43 Å². The van der Waals surface area contributed by atoms with Crippen LogP contribution >= 0.6 is 0 Å². The van der Waals surface area contributed by atoms with Crippen LogP contribution in [0.15, 0.2) is 0 Å². The third-order valence-electron chi connectivity index (χ3n) is 2.45. The minimum Gasteiger partial charge on any atom is -0.444 e. The van der Waals surface area contributed by atoms with E-state index in [1.54, 1.807) is 0 Å². The van der Waals surface area contributed by atoms with Gasteiger partial charge in [-0.25, -0.2) is 4.79 Å². The number of ether oxygens (including phenoxy) is 1. The van der Waals surface area contributed by atoms with Crippen molar-refractivity contribution >= 4 is 6.09 Å². The van der Waals surface area contributed by atoms with Crippen LogP contribution in [0.3, 0.4) is 0 Å². The highest BCUT2D eigenvalue weighted by Crippen LogP contribution is 2.15. The number of aliphatic hydroxyl groups is 1. The first-order valence-corrected chi connectivity index (χ1v) is 5.45. The second kappa shape index (κ2) is 4.99. The summed E-state index contributed by atoms with van der Waals surface area (Å²) in [5.41, 5.74) is 2.02. The summed E-state index contributed by atoms with van der Waals surface area (Å²) < 4.78 is 5.22. The van der Waals surface area contributed by atoms with Crippen molar-refractivity contribution in [2.75, 3.05) is 13.1 Å². The number of hydrogen-bond acceptors (Lipinski definition) is 5. The van der Waals surface area contributed by atoms with Crippen molar-refractivity contribution in [2.24, 2.45) is 5.84 Å². The molecule has 2 atom stereocenters. The number of hydrogen-bond donors (Lipinski definition) is 3. The van der Waals surface area contributed by atoms with E-state index in [1.165, 1.54) is 4.90 Å². The van der Waals surface area contributed by atoms with E-state index < -0.39 is 11.7 Å². The Kier molecular flexibility index (Phi) is 4.12. The smallest absolute Gasteiger partial charge is 0.410 e. The number of nitrogens with zero attached hydrogens (tertiary/aromatic N) is 1. The van der Waals surface area contributed by atoms with Gasteiger partial charge in [0.15, 0.2) is 0 Å². The van der Waals surface area contributed by atoms with Gasteiger partial charge in [-0.15, -0.1) is 0 Å². The van der Waals surface area contributed by atoms with Crippen LogP contribution in [0, 0.1) is 0 Å². The van der Waals surface area contributed by atoms with Gasteiger partial charge in [-0.3, -0.25) is 11.3 Å². The van der Waals surface area contributed by atoms with E-state index >= 15 is 0 Å². The largest absolute Gasteiger partial charge is 0.444 e. The topological polar surface area (TPSA) is 87.8 Å². The number of nitrogens with two attached hydrogens (primary N) is 1. The predicted octanol–water partition coefficient (Wildman–Crippen LogP) is -0.180. The monoisotopic (exact) mass is 231 g/mol. The Bertz CT molecular complexity index is 252. The predicted molar refractivity (Wildman–Crippen MR) is 59.5 cm³/mol. The van der Waals surface area contributed by atoms with Crippen LogP contribution in [-0.2, 0) is 4.74 Å². The molecule has 16 heavy (non-hydrogen) atoms. The van der Waals surface area contributed by atoms with Gasteiger partial charge in [-0.1, -0.05) is 0 Å². The highest BCUT2D eigenvalue weighted by atomic mass is 16.6. The second-order valence-corrected chi connectivity index (χ2v) is 5.06. The average Bonchev–Trinajstić information content (AvgIpc) is 2.15. The molecular formula is C10H21N3O3. The molecule has 0 spiro atoms. The maximum absolute atomic E-state index is 11.7. The molecule has 1 rings (SSSR count). The fourth-order valence-corrected chi connectivity index (χ4v) is 1.62. The molecule has 1 aliphatic rings. The summed E-state index contributed by atoms with van der Waals surface area (Å²) in [7, 11) is 0. The molecule has 0 aromatic carbocycles. The maximum atomic E-state index is 11.7. The molecule has 6 heteroatoms. The lowest BCUT2D eigenvalue weighted by molar-refractivity contribution is -0.00467. The first-order valence-electron chi connectivity index (χ1n) is 5.45. The molecule has 0 saturated carbocycles. The number of aliphatic hydroxyl groups excluding tert-OH is 1. The zero-order chi connectivity index (χ0) is 12.3. The van der Waals surface area contributed by atoms with Crippen molar-refractivity contribution in [3.8, 4) is 0 Å². The lowest BCUT2D eigenvalue weighted by Crippen LogP contribution is -2.56. The van der Waals surface area contributed by atoms with Gasteiger partial charge >= 0.3 is 6.09 Å². The van der Waals surface area contributed by atoms with Crippen molar-refractivity contribution < 1.29 is 14.6 Å². The van der Waals surface area contributed by atoms with Crippen LogP contribution < -0.4 is 11.3 Å². The van der Waals surface area contributed by atoms with Crippen LogP contribution in [0.5, 0.6) is 0 Å². The van der Waals surface area contributed by atoms with Crippen molar-refractivity contribution in [1.82, 2.24) is 10.3 Å². The second-order valence-electron chi connectivity index (χ2n) is 5.06. The fourth-order valence-electron chi connectivity index (χ4n) is 1.62. The molecule has 1 saturated heterocycles. The number of piperidine rings is 1. The molecule has 1 fully saturated rings. The lowest BCUT2D eigenvalue weighted by atomic mass is 10.0. The Morgan fingerprint density at radius 3 is 2.62 bits per heavy atom. The van der Waals surface area contributed by atoms with Crippen LogP contribution in [0.1, 0.15) is 27.2 Å². The normalized spacial score (nSPS) is 26.7. The minimum atomic E-state index is -0.647. The molecule has 94 valence electrons.